The molecular weight excluding hydrogens is 428 g/mol. The molecular formula is C20H21BrN2OS2. The van der Waals surface area contributed by atoms with Crippen molar-refractivity contribution in [1.82, 2.24) is 0 Å². The van der Waals surface area contributed by atoms with E-state index in [9.17, 15) is 4.79 Å². The normalized spacial score (nSPS) is 11.5. The highest BCUT2D eigenvalue weighted by molar-refractivity contribution is 9.09. The summed E-state index contributed by atoms with van der Waals surface area (Å²) in [6.45, 7) is 6.64. The average molecular weight is 449 g/mol. The third kappa shape index (κ3) is 3.87. The zero-order valence-corrected chi connectivity index (χ0v) is 18.1. The lowest BCUT2D eigenvalue weighted by atomic mass is 9.82. The Morgan fingerprint density at radius 3 is 2.62 bits per heavy atom. The third-order valence-corrected chi connectivity index (χ3v) is 6.56. The molecule has 0 fully saturated rings. The van der Waals surface area contributed by atoms with Crippen molar-refractivity contribution in [2.24, 2.45) is 0 Å². The molecule has 136 valence electrons. The van der Waals surface area contributed by atoms with Gasteiger partial charge >= 0.3 is 0 Å². The van der Waals surface area contributed by atoms with Crippen LogP contribution in [0.4, 0.5) is 10.7 Å². The standard InChI is InChI=1S/C20H21BrN2OS2/c1-20(2,3)17-16(19(22)26-18(17)14-8-5-9-25-14)12-6-4-7-13(10-12)23-15(24)11-21/h4-10H,11,22H2,1-3H3,(H,23,24). The quantitative estimate of drug-likeness (QED) is 0.456. The van der Waals surface area contributed by atoms with Gasteiger partial charge in [0.25, 0.3) is 0 Å². The lowest BCUT2D eigenvalue weighted by Gasteiger charge is -2.22. The Morgan fingerprint density at radius 1 is 1.23 bits per heavy atom. The Labute approximate surface area is 170 Å². The number of hydrogen-bond acceptors (Lipinski definition) is 4. The van der Waals surface area contributed by atoms with Crippen LogP contribution in [0, 0.1) is 0 Å². The third-order valence-electron chi connectivity index (χ3n) is 3.99. The molecule has 0 atom stereocenters. The highest BCUT2D eigenvalue weighted by atomic mass is 79.9. The van der Waals surface area contributed by atoms with Crippen molar-refractivity contribution in [2.45, 2.75) is 26.2 Å². The van der Waals surface area contributed by atoms with Crippen molar-refractivity contribution in [3.8, 4) is 20.9 Å². The molecule has 0 unspecified atom stereocenters. The number of alkyl halides is 1. The second-order valence-electron chi connectivity index (χ2n) is 7.04. The number of nitrogen functional groups attached to an aromatic ring is 1. The van der Waals surface area contributed by atoms with Crippen LogP contribution in [-0.2, 0) is 10.2 Å². The smallest absolute Gasteiger partial charge is 0.235 e. The van der Waals surface area contributed by atoms with Gasteiger partial charge in [-0.2, -0.15) is 0 Å². The summed E-state index contributed by atoms with van der Waals surface area (Å²) >= 11 is 6.55. The second-order valence-corrected chi connectivity index (χ2v) is 9.60. The number of hydrogen-bond donors (Lipinski definition) is 2. The minimum absolute atomic E-state index is 0.0577. The number of nitrogens with two attached hydrogens (primary N) is 1. The van der Waals surface area contributed by atoms with E-state index in [1.807, 2.05) is 18.2 Å². The van der Waals surface area contributed by atoms with Crippen molar-refractivity contribution in [2.75, 3.05) is 16.4 Å². The number of amides is 1. The molecule has 3 N–H and O–H groups in total. The lowest BCUT2D eigenvalue weighted by molar-refractivity contribution is -0.113. The predicted molar refractivity (Wildman–Crippen MR) is 119 cm³/mol. The van der Waals surface area contributed by atoms with Crippen LogP contribution in [0.1, 0.15) is 26.3 Å². The van der Waals surface area contributed by atoms with Crippen molar-refractivity contribution in [3.63, 3.8) is 0 Å². The van der Waals surface area contributed by atoms with Crippen molar-refractivity contribution in [3.05, 3.63) is 47.3 Å². The maximum atomic E-state index is 11.7. The first kappa shape index (κ1) is 19.1. The molecule has 6 heteroatoms. The fourth-order valence-corrected chi connectivity index (χ4v) is 5.28. The number of rotatable bonds is 4. The van der Waals surface area contributed by atoms with E-state index >= 15 is 0 Å². The molecule has 2 aromatic heterocycles. The van der Waals surface area contributed by atoms with Gasteiger partial charge in [-0.25, -0.2) is 0 Å². The predicted octanol–water partition coefficient (Wildman–Crippen LogP) is 6.36. The van der Waals surface area contributed by atoms with E-state index in [4.69, 9.17) is 5.73 Å². The Morgan fingerprint density at radius 2 is 2.00 bits per heavy atom. The molecule has 26 heavy (non-hydrogen) atoms. The van der Waals surface area contributed by atoms with Crippen LogP contribution >= 0.6 is 38.6 Å². The summed E-state index contributed by atoms with van der Waals surface area (Å²) in [5.74, 6) is -0.0734. The first-order valence-corrected chi connectivity index (χ1v) is 11.1. The van der Waals surface area contributed by atoms with E-state index in [-0.39, 0.29) is 16.7 Å². The largest absolute Gasteiger partial charge is 0.390 e. The fraction of sp³-hybridized carbons (Fsp3) is 0.250. The van der Waals surface area contributed by atoms with Gasteiger partial charge in [-0.05, 0) is 40.1 Å². The molecule has 3 aromatic rings. The van der Waals surface area contributed by atoms with Gasteiger partial charge in [0.15, 0.2) is 0 Å². The molecule has 0 aliphatic heterocycles. The number of anilines is 2. The van der Waals surface area contributed by atoms with Gasteiger partial charge < -0.3 is 11.1 Å². The maximum Gasteiger partial charge on any atom is 0.235 e. The van der Waals surface area contributed by atoms with Gasteiger partial charge in [0.2, 0.25) is 5.91 Å². The van der Waals surface area contributed by atoms with E-state index < -0.39 is 0 Å². The molecule has 0 bridgehead atoms. The number of carbonyl (C=O) groups excluding carboxylic acids is 1. The van der Waals surface area contributed by atoms with E-state index in [1.165, 1.54) is 15.3 Å². The molecule has 0 aliphatic carbocycles. The first-order valence-electron chi connectivity index (χ1n) is 8.24. The van der Waals surface area contributed by atoms with Crippen LogP contribution in [0.5, 0.6) is 0 Å². The molecule has 0 radical (unpaired) electrons. The zero-order chi connectivity index (χ0) is 18.9. The number of nitrogens with one attached hydrogen (secondary N) is 1. The number of halogens is 1. The summed E-state index contributed by atoms with van der Waals surface area (Å²) < 4.78 is 0. The molecule has 3 nitrogen and oxygen atoms in total. The summed E-state index contributed by atoms with van der Waals surface area (Å²) in [7, 11) is 0. The molecule has 0 saturated heterocycles. The average Bonchev–Trinajstić information content (AvgIpc) is 3.21. The topological polar surface area (TPSA) is 55.1 Å². The van der Waals surface area contributed by atoms with Crippen molar-refractivity contribution < 1.29 is 4.79 Å². The molecule has 2 heterocycles. The molecule has 1 amide bonds. The first-order chi connectivity index (χ1) is 12.3. The summed E-state index contributed by atoms with van der Waals surface area (Å²) in [6, 6.07) is 12.1. The van der Waals surface area contributed by atoms with E-state index in [1.54, 1.807) is 22.7 Å². The molecule has 0 spiro atoms. The minimum atomic E-state index is -0.0734. The zero-order valence-electron chi connectivity index (χ0n) is 14.9. The number of carbonyl (C=O) groups is 1. The van der Waals surface area contributed by atoms with Gasteiger partial charge in [-0.3, -0.25) is 4.79 Å². The maximum absolute atomic E-state index is 11.7. The summed E-state index contributed by atoms with van der Waals surface area (Å²) in [5, 5.41) is 6.06. The van der Waals surface area contributed by atoms with Crippen LogP contribution in [-0.4, -0.2) is 11.2 Å². The fourth-order valence-electron chi connectivity index (χ4n) is 2.98. The highest BCUT2D eigenvalue weighted by Gasteiger charge is 2.28. The van der Waals surface area contributed by atoms with E-state index in [0.717, 1.165) is 21.8 Å². The van der Waals surface area contributed by atoms with Gasteiger partial charge in [0.05, 0.1) is 15.2 Å². The Balaban J connectivity index is 2.17. The van der Waals surface area contributed by atoms with E-state index in [2.05, 4.69) is 65.6 Å². The molecule has 0 aliphatic rings. The molecule has 3 rings (SSSR count). The lowest BCUT2D eigenvalue weighted by Crippen LogP contribution is -2.13. The van der Waals surface area contributed by atoms with Crippen molar-refractivity contribution >= 4 is 55.2 Å². The van der Waals surface area contributed by atoms with Crippen LogP contribution in [0.25, 0.3) is 20.9 Å². The second kappa shape index (κ2) is 7.55. The van der Waals surface area contributed by atoms with Gasteiger partial charge in [-0.15, -0.1) is 22.7 Å². The number of thiophene rings is 2. The minimum Gasteiger partial charge on any atom is -0.390 e. The molecule has 0 saturated carbocycles. The summed E-state index contributed by atoms with van der Waals surface area (Å²) in [5.41, 5.74) is 10.6. The van der Waals surface area contributed by atoms with Crippen LogP contribution < -0.4 is 11.1 Å². The van der Waals surface area contributed by atoms with Crippen LogP contribution in [0.15, 0.2) is 41.8 Å². The van der Waals surface area contributed by atoms with Crippen LogP contribution in [0.3, 0.4) is 0 Å². The number of benzene rings is 1. The van der Waals surface area contributed by atoms with Gasteiger partial charge in [0.1, 0.15) is 0 Å². The SMILES string of the molecule is CC(C)(C)c1c(-c2cccs2)sc(N)c1-c1cccc(NC(=O)CBr)c1. The summed E-state index contributed by atoms with van der Waals surface area (Å²) in [6.07, 6.45) is 0. The monoisotopic (exact) mass is 448 g/mol. The van der Waals surface area contributed by atoms with Gasteiger partial charge in [0, 0.05) is 16.1 Å². The summed E-state index contributed by atoms with van der Waals surface area (Å²) in [4.78, 5) is 14.2. The molecule has 1 aromatic carbocycles. The Kier molecular flexibility index (Phi) is 5.55. The highest BCUT2D eigenvalue weighted by Crippen LogP contribution is 2.50. The Hall–Kier alpha value is -1.63. The van der Waals surface area contributed by atoms with Crippen LogP contribution in [0.2, 0.25) is 0 Å². The Bertz CT molecular complexity index is 924. The van der Waals surface area contributed by atoms with E-state index in [0.29, 0.717) is 0 Å². The van der Waals surface area contributed by atoms with Gasteiger partial charge in [-0.1, -0.05) is 54.9 Å². The van der Waals surface area contributed by atoms with Crippen molar-refractivity contribution in [1.29, 1.82) is 0 Å².